The van der Waals surface area contributed by atoms with Gasteiger partial charge in [0.25, 0.3) is 0 Å². The van der Waals surface area contributed by atoms with Crippen molar-refractivity contribution in [3.63, 3.8) is 0 Å². The molecule has 3 rings (SSSR count). The zero-order chi connectivity index (χ0) is 21.6. The molecule has 0 spiro atoms. The molecule has 9 heteroatoms. The fourth-order valence-corrected chi connectivity index (χ4v) is 4.14. The number of benzene rings is 1. The molecule has 0 aliphatic heterocycles. The van der Waals surface area contributed by atoms with Gasteiger partial charge in [-0.15, -0.1) is 10.2 Å². The molecule has 0 saturated heterocycles. The van der Waals surface area contributed by atoms with Crippen LogP contribution in [-0.4, -0.2) is 43.6 Å². The maximum atomic E-state index is 11.9. The average molecular weight is 435 g/mol. The van der Waals surface area contributed by atoms with E-state index in [4.69, 9.17) is 9.47 Å². The lowest BCUT2D eigenvalue weighted by atomic mass is 9.86. The first-order chi connectivity index (χ1) is 14.4. The van der Waals surface area contributed by atoms with E-state index in [0.29, 0.717) is 36.0 Å². The van der Waals surface area contributed by atoms with Gasteiger partial charge in [0.15, 0.2) is 0 Å². The summed E-state index contributed by atoms with van der Waals surface area (Å²) in [6, 6.07) is 11.2. The van der Waals surface area contributed by atoms with E-state index in [1.54, 1.807) is 27.0 Å². The van der Waals surface area contributed by atoms with Crippen LogP contribution < -0.4 is 19.5 Å². The molecule has 1 saturated carbocycles. The van der Waals surface area contributed by atoms with Gasteiger partial charge in [-0.25, -0.2) is 13.1 Å². The Kier molecular flexibility index (Phi) is 7.49. The summed E-state index contributed by atoms with van der Waals surface area (Å²) >= 11 is 0. The minimum atomic E-state index is -3.19. The van der Waals surface area contributed by atoms with Crippen LogP contribution in [0.5, 0.6) is 17.4 Å². The Morgan fingerprint density at radius 1 is 1.00 bits per heavy atom. The van der Waals surface area contributed by atoms with Crippen molar-refractivity contribution in [1.82, 2.24) is 14.9 Å². The Hall–Kier alpha value is -2.39. The zero-order valence-electron chi connectivity index (χ0n) is 17.7. The summed E-state index contributed by atoms with van der Waals surface area (Å²) in [6.07, 6.45) is 3.90. The number of methoxy groups -OCH3 is 1. The van der Waals surface area contributed by atoms with Gasteiger partial charge < -0.3 is 14.8 Å². The van der Waals surface area contributed by atoms with E-state index in [-0.39, 0.29) is 0 Å². The van der Waals surface area contributed by atoms with Crippen molar-refractivity contribution < 1.29 is 17.9 Å². The summed E-state index contributed by atoms with van der Waals surface area (Å²) in [5.74, 6) is 2.94. The highest BCUT2D eigenvalue weighted by Gasteiger charge is 2.24. The Balaban J connectivity index is 1.44. The molecule has 0 unspecified atom stereocenters. The normalized spacial score (nSPS) is 19.5. The monoisotopic (exact) mass is 434 g/mol. The van der Waals surface area contributed by atoms with Crippen LogP contribution in [0, 0.1) is 5.92 Å². The number of sulfonamides is 1. The quantitative estimate of drug-likeness (QED) is 0.622. The lowest BCUT2D eigenvalue weighted by molar-refractivity contribution is 0.336. The van der Waals surface area contributed by atoms with Crippen molar-refractivity contribution in [2.24, 2.45) is 5.92 Å². The van der Waals surface area contributed by atoms with Gasteiger partial charge in [0, 0.05) is 18.7 Å². The maximum absolute atomic E-state index is 11.9. The number of ether oxygens (including phenoxy) is 2. The molecular formula is C21H30N4O4S. The highest BCUT2D eigenvalue weighted by atomic mass is 32.2. The number of anilines is 1. The Morgan fingerprint density at radius 3 is 2.23 bits per heavy atom. The molecule has 1 aromatic heterocycles. The second kappa shape index (κ2) is 10.1. The second-order valence-electron chi connectivity index (χ2n) is 7.84. The number of hydrogen-bond donors (Lipinski definition) is 2. The Morgan fingerprint density at radius 2 is 1.67 bits per heavy atom. The van der Waals surface area contributed by atoms with Crippen LogP contribution in [0.15, 0.2) is 36.4 Å². The Labute approximate surface area is 178 Å². The van der Waals surface area contributed by atoms with Gasteiger partial charge in [0.2, 0.25) is 15.9 Å². The maximum Gasteiger partial charge on any atom is 0.238 e. The molecule has 2 aromatic rings. The average Bonchev–Trinajstić information content (AvgIpc) is 2.75. The third-order valence-corrected chi connectivity index (χ3v) is 7.12. The smallest absolute Gasteiger partial charge is 0.238 e. The first-order valence-electron chi connectivity index (χ1n) is 10.3. The predicted molar refractivity (Wildman–Crippen MR) is 117 cm³/mol. The van der Waals surface area contributed by atoms with Gasteiger partial charge in [-0.3, -0.25) is 0 Å². The third-order valence-electron chi connectivity index (χ3n) is 5.31. The van der Waals surface area contributed by atoms with E-state index in [9.17, 15) is 8.42 Å². The summed E-state index contributed by atoms with van der Waals surface area (Å²) in [5.41, 5.74) is 0. The fourth-order valence-electron chi connectivity index (χ4n) is 3.34. The van der Waals surface area contributed by atoms with Gasteiger partial charge >= 0.3 is 0 Å². The van der Waals surface area contributed by atoms with Crippen LogP contribution in [0.25, 0.3) is 0 Å². The molecule has 1 heterocycles. The van der Waals surface area contributed by atoms with Crippen LogP contribution in [0.3, 0.4) is 0 Å². The van der Waals surface area contributed by atoms with Crippen molar-refractivity contribution in [1.29, 1.82) is 0 Å². The molecular weight excluding hydrogens is 404 g/mol. The molecule has 1 fully saturated rings. The second-order valence-corrected chi connectivity index (χ2v) is 10.2. The summed E-state index contributed by atoms with van der Waals surface area (Å²) in [4.78, 5) is 0. The lowest BCUT2D eigenvalue weighted by Gasteiger charge is -2.29. The van der Waals surface area contributed by atoms with Gasteiger partial charge in [-0.1, -0.05) is 0 Å². The van der Waals surface area contributed by atoms with Gasteiger partial charge in [-0.05, 0) is 75.8 Å². The van der Waals surface area contributed by atoms with E-state index in [2.05, 4.69) is 20.2 Å². The van der Waals surface area contributed by atoms with E-state index in [1.807, 2.05) is 30.3 Å². The van der Waals surface area contributed by atoms with Crippen molar-refractivity contribution in [3.8, 4) is 17.4 Å². The van der Waals surface area contributed by atoms with Crippen LogP contribution in [-0.2, 0) is 10.0 Å². The van der Waals surface area contributed by atoms with Crippen molar-refractivity contribution in [3.05, 3.63) is 36.4 Å². The van der Waals surface area contributed by atoms with Crippen LogP contribution >= 0.6 is 0 Å². The summed E-state index contributed by atoms with van der Waals surface area (Å²) in [6.45, 7) is 3.90. The first-order valence-corrected chi connectivity index (χ1v) is 11.8. The topological polar surface area (TPSA) is 102 Å². The highest BCUT2D eigenvalue weighted by Crippen LogP contribution is 2.27. The standard InChI is InChI=1S/C21H30N4O4S/c1-15(2)30(26,27)22-14-16-4-6-17(7-5-16)23-20-12-13-21(25-24-20)29-19-10-8-18(28-3)9-11-19/h8-13,15-17,22H,4-7,14H2,1-3H3,(H,23,24). The summed E-state index contributed by atoms with van der Waals surface area (Å²) in [5, 5.41) is 11.4. The molecule has 0 amide bonds. The zero-order valence-corrected chi connectivity index (χ0v) is 18.5. The SMILES string of the molecule is COc1ccc(Oc2ccc(NC3CCC(CNS(=O)(=O)C(C)C)CC3)nn2)cc1. The van der Waals surface area contributed by atoms with E-state index < -0.39 is 15.3 Å². The van der Waals surface area contributed by atoms with Crippen LogP contribution in [0.4, 0.5) is 5.82 Å². The largest absolute Gasteiger partial charge is 0.497 e. The van der Waals surface area contributed by atoms with E-state index in [1.165, 1.54) is 0 Å². The molecule has 164 valence electrons. The molecule has 0 atom stereocenters. The molecule has 1 aliphatic rings. The lowest BCUT2D eigenvalue weighted by Crippen LogP contribution is -2.37. The predicted octanol–water partition coefficient (Wildman–Crippen LogP) is 3.58. The third kappa shape index (κ3) is 6.30. The van der Waals surface area contributed by atoms with Crippen LogP contribution in [0.1, 0.15) is 39.5 Å². The number of nitrogens with one attached hydrogen (secondary N) is 2. The number of rotatable bonds is 9. The number of nitrogens with zero attached hydrogens (tertiary/aromatic N) is 2. The van der Waals surface area contributed by atoms with Gasteiger partial charge in [0.05, 0.1) is 12.4 Å². The number of hydrogen-bond acceptors (Lipinski definition) is 7. The van der Waals surface area contributed by atoms with Gasteiger partial charge in [-0.2, -0.15) is 0 Å². The molecule has 1 aliphatic carbocycles. The highest BCUT2D eigenvalue weighted by molar-refractivity contribution is 7.90. The van der Waals surface area contributed by atoms with E-state index in [0.717, 1.165) is 31.4 Å². The number of aromatic nitrogens is 2. The first kappa shape index (κ1) is 22.3. The molecule has 0 radical (unpaired) electrons. The Bertz CT molecular complexity index is 894. The van der Waals surface area contributed by atoms with Crippen molar-refractivity contribution in [2.75, 3.05) is 19.0 Å². The van der Waals surface area contributed by atoms with Gasteiger partial charge in [0.1, 0.15) is 17.3 Å². The minimum absolute atomic E-state index is 0.311. The molecule has 8 nitrogen and oxygen atoms in total. The van der Waals surface area contributed by atoms with Crippen molar-refractivity contribution >= 4 is 15.8 Å². The molecule has 0 bridgehead atoms. The fraction of sp³-hybridized carbons (Fsp3) is 0.524. The summed E-state index contributed by atoms with van der Waals surface area (Å²) < 4.78 is 37.3. The molecule has 1 aromatic carbocycles. The minimum Gasteiger partial charge on any atom is -0.497 e. The van der Waals surface area contributed by atoms with Crippen molar-refractivity contribution in [2.45, 2.75) is 50.8 Å². The summed E-state index contributed by atoms with van der Waals surface area (Å²) in [7, 11) is -1.57. The van der Waals surface area contributed by atoms with Crippen LogP contribution in [0.2, 0.25) is 0 Å². The molecule has 2 N–H and O–H groups in total. The molecule has 30 heavy (non-hydrogen) atoms. The van der Waals surface area contributed by atoms with E-state index >= 15 is 0 Å².